The van der Waals surface area contributed by atoms with Crippen LogP contribution in [-0.4, -0.2) is 18.3 Å². The largest absolute Gasteiger partial charge is 0.489 e. The first-order chi connectivity index (χ1) is 8.10. The van der Waals surface area contributed by atoms with E-state index in [9.17, 15) is 4.39 Å². The molecule has 1 aromatic carbocycles. The number of nitrogens with two attached hydrogens (primary N) is 1. The molecule has 0 unspecified atom stereocenters. The number of benzene rings is 1. The number of aliphatic hydroxyl groups is 1. The predicted molar refractivity (Wildman–Crippen MR) is 73.1 cm³/mol. The Hall–Kier alpha value is -0.550. The molecular weight excluding hydrogens is 280 g/mol. The van der Waals surface area contributed by atoms with Gasteiger partial charge in [-0.3, -0.25) is 0 Å². The second-order valence-corrected chi connectivity index (χ2v) is 4.13. The van der Waals surface area contributed by atoms with Crippen molar-refractivity contribution in [3.63, 3.8) is 0 Å². The third-order valence-electron chi connectivity index (χ3n) is 2.41. The summed E-state index contributed by atoms with van der Waals surface area (Å²) in [6.45, 7) is 2.18. The van der Waals surface area contributed by atoms with Gasteiger partial charge in [0.25, 0.3) is 0 Å². The number of ether oxygens (including phenoxy) is 1. The average Bonchev–Trinajstić information content (AvgIpc) is 2.30. The zero-order valence-corrected chi connectivity index (χ0v) is 11.7. The summed E-state index contributed by atoms with van der Waals surface area (Å²) in [5, 5.41) is 8.93. The highest BCUT2D eigenvalue weighted by atomic mass is 35.5. The molecule has 0 amide bonds. The quantitative estimate of drug-likeness (QED) is 0.848. The van der Waals surface area contributed by atoms with E-state index in [1.165, 1.54) is 6.07 Å². The van der Waals surface area contributed by atoms with Crippen LogP contribution in [0.15, 0.2) is 12.1 Å². The number of aliphatic hydroxyl groups excluding tert-OH is 1. The maximum absolute atomic E-state index is 13.7. The van der Waals surface area contributed by atoms with Crippen molar-refractivity contribution in [1.82, 2.24) is 0 Å². The molecule has 0 aromatic heterocycles. The molecule has 1 atom stereocenters. The van der Waals surface area contributed by atoms with E-state index < -0.39 is 5.82 Å². The fourth-order valence-corrected chi connectivity index (χ4v) is 1.82. The Bertz CT molecular complexity index is 354. The van der Waals surface area contributed by atoms with Crippen molar-refractivity contribution in [2.24, 2.45) is 5.73 Å². The molecule has 104 valence electrons. The van der Waals surface area contributed by atoms with Crippen LogP contribution in [0, 0.1) is 5.82 Å². The normalized spacial score (nSPS) is 11.8. The smallest absolute Gasteiger partial charge is 0.173 e. The molecule has 0 saturated heterocycles. The Morgan fingerprint density at radius 1 is 1.50 bits per heavy atom. The highest BCUT2D eigenvalue weighted by Crippen LogP contribution is 2.31. The molecule has 0 bridgehead atoms. The maximum atomic E-state index is 13.7. The molecule has 0 aliphatic heterocycles. The van der Waals surface area contributed by atoms with E-state index in [4.69, 9.17) is 27.2 Å². The molecule has 0 aliphatic rings. The molecule has 1 rings (SSSR count). The lowest BCUT2D eigenvalue weighted by molar-refractivity contribution is 0.279. The lowest BCUT2D eigenvalue weighted by Crippen LogP contribution is -2.11. The average molecular weight is 298 g/mol. The topological polar surface area (TPSA) is 55.5 Å². The van der Waals surface area contributed by atoms with E-state index >= 15 is 0 Å². The molecule has 0 saturated carbocycles. The van der Waals surface area contributed by atoms with Crippen molar-refractivity contribution in [2.45, 2.75) is 25.8 Å². The molecule has 0 fully saturated rings. The number of rotatable bonds is 6. The lowest BCUT2D eigenvalue weighted by Gasteiger charge is -2.14. The second-order valence-electron chi connectivity index (χ2n) is 3.72. The Kier molecular flexibility index (Phi) is 8.27. The minimum Gasteiger partial charge on any atom is -0.489 e. The Morgan fingerprint density at radius 3 is 2.67 bits per heavy atom. The van der Waals surface area contributed by atoms with Crippen LogP contribution in [0.25, 0.3) is 0 Å². The molecule has 1 aromatic rings. The zero-order chi connectivity index (χ0) is 12.8. The van der Waals surface area contributed by atoms with Gasteiger partial charge in [-0.25, -0.2) is 4.39 Å². The lowest BCUT2D eigenvalue weighted by atomic mass is 10.0. The SMILES string of the molecule is CCOc1c(F)cc([C@@H](N)CCCO)cc1Cl.Cl. The molecule has 18 heavy (non-hydrogen) atoms. The summed E-state index contributed by atoms with van der Waals surface area (Å²) in [6, 6.07) is 2.61. The van der Waals surface area contributed by atoms with Crippen LogP contribution in [0.3, 0.4) is 0 Å². The van der Waals surface area contributed by atoms with E-state index in [1.54, 1.807) is 13.0 Å². The van der Waals surface area contributed by atoms with Gasteiger partial charge in [0.1, 0.15) is 0 Å². The molecule has 0 aliphatic carbocycles. The Morgan fingerprint density at radius 2 is 2.17 bits per heavy atom. The number of hydrogen-bond donors (Lipinski definition) is 2. The van der Waals surface area contributed by atoms with E-state index in [-0.39, 0.29) is 35.8 Å². The fraction of sp³-hybridized carbons (Fsp3) is 0.500. The summed E-state index contributed by atoms with van der Waals surface area (Å²) in [7, 11) is 0. The zero-order valence-electron chi connectivity index (χ0n) is 10.2. The van der Waals surface area contributed by atoms with Gasteiger partial charge in [0, 0.05) is 12.6 Å². The van der Waals surface area contributed by atoms with Gasteiger partial charge in [0.15, 0.2) is 11.6 Å². The van der Waals surface area contributed by atoms with Gasteiger partial charge in [-0.2, -0.15) is 0 Å². The maximum Gasteiger partial charge on any atom is 0.173 e. The molecule has 0 radical (unpaired) electrons. The first kappa shape index (κ1) is 17.4. The van der Waals surface area contributed by atoms with Gasteiger partial charge in [-0.1, -0.05) is 11.6 Å². The van der Waals surface area contributed by atoms with Gasteiger partial charge in [-0.15, -0.1) is 12.4 Å². The van der Waals surface area contributed by atoms with E-state index in [0.717, 1.165) is 0 Å². The van der Waals surface area contributed by atoms with Crippen LogP contribution >= 0.6 is 24.0 Å². The Balaban J connectivity index is 0.00000289. The van der Waals surface area contributed by atoms with Crippen LogP contribution < -0.4 is 10.5 Å². The highest BCUT2D eigenvalue weighted by molar-refractivity contribution is 6.32. The molecule has 3 N–H and O–H groups in total. The van der Waals surface area contributed by atoms with Gasteiger partial charge >= 0.3 is 0 Å². The van der Waals surface area contributed by atoms with Crippen molar-refractivity contribution < 1.29 is 14.2 Å². The van der Waals surface area contributed by atoms with Crippen molar-refractivity contribution in [1.29, 1.82) is 0 Å². The number of halogens is 3. The fourth-order valence-electron chi connectivity index (χ4n) is 1.55. The number of hydrogen-bond acceptors (Lipinski definition) is 3. The van der Waals surface area contributed by atoms with Crippen LogP contribution in [0.4, 0.5) is 4.39 Å². The van der Waals surface area contributed by atoms with E-state index in [1.807, 2.05) is 0 Å². The second kappa shape index (κ2) is 8.53. The van der Waals surface area contributed by atoms with Crippen molar-refractivity contribution in [3.8, 4) is 5.75 Å². The van der Waals surface area contributed by atoms with Crippen molar-refractivity contribution in [3.05, 3.63) is 28.5 Å². The summed E-state index contributed by atoms with van der Waals surface area (Å²) >= 11 is 5.92. The highest BCUT2D eigenvalue weighted by Gasteiger charge is 2.14. The predicted octanol–water partition coefficient (Wildman–Crippen LogP) is 3.07. The molecule has 6 heteroatoms. The van der Waals surface area contributed by atoms with Crippen LogP contribution in [0.2, 0.25) is 5.02 Å². The van der Waals surface area contributed by atoms with Crippen molar-refractivity contribution in [2.75, 3.05) is 13.2 Å². The summed E-state index contributed by atoms with van der Waals surface area (Å²) in [4.78, 5) is 0. The summed E-state index contributed by atoms with van der Waals surface area (Å²) in [6.07, 6.45) is 1.16. The van der Waals surface area contributed by atoms with E-state index in [2.05, 4.69) is 0 Å². The summed E-state index contributed by atoms with van der Waals surface area (Å²) in [5.74, 6) is -0.443. The molecular formula is C12H18Cl2FNO2. The van der Waals surface area contributed by atoms with Crippen LogP contribution in [0.5, 0.6) is 5.75 Å². The molecule has 3 nitrogen and oxygen atoms in total. The van der Waals surface area contributed by atoms with Gasteiger partial charge in [-0.05, 0) is 37.5 Å². The summed E-state index contributed by atoms with van der Waals surface area (Å²) in [5.41, 5.74) is 6.48. The standard InChI is InChI=1S/C12H17ClFNO2.ClH/c1-2-17-12-9(13)6-8(7-10(12)14)11(15)4-3-5-16;/h6-7,11,16H,2-5,15H2,1H3;1H/t11-;/m0./s1. The Labute approximate surface area is 117 Å². The third-order valence-corrected chi connectivity index (χ3v) is 2.69. The van der Waals surface area contributed by atoms with Crippen molar-refractivity contribution >= 4 is 24.0 Å². The minimum absolute atomic E-state index is 0. The van der Waals surface area contributed by atoms with Gasteiger partial charge < -0.3 is 15.6 Å². The third kappa shape index (κ3) is 4.61. The first-order valence-electron chi connectivity index (χ1n) is 5.58. The van der Waals surface area contributed by atoms with E-state index in [0.29, 0.717) is 25.0 Å². The van der Waals surface area contributed by atoms with Crippen LogP contribution in [-0.2, 0) is 0 Å². The first-order valence-corrected chi connectivity index (χ1v) is 5.96. The van der Waals surface area contributed by atoms with Crippen LogP contribution in [0.1, 0.15) is 31.4 Å². The minimum atomic E-state index is -0.506. The van der Waals surface area contributed by atoms with Gasteiger partial charge in [0.05, 0.1) is 11.6 Å². The monoisotopic (exact) mass is 297 g/mol. The molecule has 0 spiro atoms. The van der Waals surface area contributed by atoms with Gasteiger partial charge in [0.2, 0.25) is 0 Å². The summed E-state index contributed by atoms with van der Waals surface area (Å²) < 4.78 is 18.8. The molecule has 0 heterocycles.